The van der Waals surface area contributed by atoms with Gasteiger partial charge in [0.1, 0.15) is 0 Å². The molecule has 0 aromatic carbocycles. The third-order valence-electron chi connectivity index (χ3n) is 2.56. The molecule has 2 N–H and O–H groups in total. The van der Waals surface area contributed by atoms with Crippen molar-refractivity contribution in [3.8, 4) is 0 Å². The van der Waals surface area contributed by atoms with Gasteiger partial charge in [-0.3, -0.25) is 0 Å². The molecule has 2 heteroatoms. The van der Waals surface area contributed by atoms with Gasteiger partial charge in [0.2, 0.25) is 0 Å². The van der Waals surface area contributed by atoms with E-state index >= 15 is 0 Å². The van der Waals surface area contributed by atoms with Gasteiger partial charge in [-0.15, -0.1) is 0 Å². The van der Waals surface area contributed by atoms with Crippen LogP contribution in [0.15, 0.2) is 0 Å². The minimum Gasteiger partial charge on any atom is -0.328 e. The van der Waals surface area contributed by atoms with E-state index in [2.05, 4.69) is 27.7 Å². The molecule has 0 radical (unpaired) electrons. The Labute approximate surface area is 87.9 Å². The molecule has 0 saturated heterocycles. The third kappa shape index (κ3) is 6.39. The smallest absolute Gasteiger partial charge is 0.00412 e. The largest absolute Gasteiger partial charge is 0.328 e. The van der Waals surface area contributed by atoms with E-state index in [1.165, 1.54) is 24.3 Å². The average Bonchev–Trinajstić information content (AvgIpc) is 2.02. The zero-order valence-corrected chi connectivity index (χ0v) is 10.4. The highest BCUT2D eigenvalue weighted by Crippen LogP contribution is 2.21. The number of nitrogens with two attached hydrogens (primary N) is 1. The van der Waals surface area contributed by atoms with Crippen LogP contribution in [0.2, 0.25) is 0 Å². The molecule has 0 rings (SSSR count). The van der Waals surface area contributed by atoms with Crippen molar-refractivity contribution in [2.24, 2.45) is 17.6 Å². The summed E-state index contributed by atoms with van der Waals surface area (Å²) in [6.45, 7) is 8.91. The van der Waals surface area contributed by atoms with E-state index in [4.69, 9.17) is 5.73 Å². The average molecular weight is 203 g/mol. The molecule has 13 heavy (non-hydrogen) atoms. The van der Waals surface area contributed by atoms with Gasteiger partial charge >= 0.3 is 0 Å². The lowest BCUT2D eigenvalue weighted by molar-refractivity contribution is 0.309. The highest BCUT2D eigenvalue weighted by atomic mass is 32.2. The van der Waals surface area contributed by atoms with Crippen molar-refractivity contribution in [3.05, 3.63) is 0 Å². The molecular formula is C11H25NS. The van der Waals surface area contributed by atoms with E-state index in [0.29, 0.717) is 12.0 Å². The molecule has 2 unspecified atom stereocenters. The molecule has 0 spiro atoms. The fourth-order valence-corrected chi connectivity index (χ4v) is 2.43. The van der Waals surface area contributed by atoms with E-state index in [1.807, 2.05) is 11.8 Å². The molecule has 2 atom stereocenters. The summed E-state index contributed by atoms with van der Waals surface area (Å²) in [5.41, 5.74) is 5.95. The lowest BCUT2D eigenvalue weighted by atomic mass is 9.86. The number of hydrogen-bond acceptors (Lipinski definition) is 2. The van der Waals surface area contributed by atoms with Gasteiger partial charge < -0.3 is 5.73 Å². The third-order valence-corrected chi connectivity index (χ3v) is 3.55. The van der Waals surface area contributed by atoms with Gasteiger partial charge in [-0.2, -0.15) is 11.8 Å². The zero-order chi connectivity index (χ0) is 10.3. The first-order valence-corrected chi connectivity index (χ1v) is 6.58. The first-order valence-electron chi connectivity index (χ1n) is 5.42. The molecule has 0 aliphatic carbocycles. The van der Waals surface area contributed by atoms with Gasteiger partial charge in [0.25, 0.3) is 0 Å². The van der Waals surface area contributed by atoms with Crippen LogP contribution in [-0.2, 0) is 0 Å². The summed E-state index contributed by atoms with van der Waals surface area (Å²) < 4.78 is 0. The number of rotatable bonds is 7. The summed E-state index contributed by atoms with van der Waals surface area (Å²) >= 11 is 2.03. The molecule has 0 heterocycles. The molecular weight excluding hydrogens is 178 g/mol. The molecule has 0 fully saturated rings. The Morgan fingerprint density at radius 3 is 2.23 bits per heavy atom. The fraction of sp³-hybridized carbons (Fsp3) is 1.00. The maximum Gasteiger partial charge on any atom is 0.00412 e. The Balaban J connectivity index is 3.58. The number of thioether (sulfide) groups is 1. The van der Waals surface area contributed by atoms with Crippen molar-refractivity contribution in [3.63, 3.8) is 0 Å². The molecule has 1 nitrogen and oxygen atoms in total. The second-order valence-corrected chi connectivity index (χ2v) is 5.50. The van der Waals surface area contributed by atoms with Crippen LogP contribution in [0.1, 0.15) is 40.5 Å². The monoisotopic (exact) mass is 203 g/mol. The molecule has 0 aliphatic heterocycles. The van der Waals surface area contributed by atoms with Crippen LogP contribution in [-0.4, -0.2) is 17.5 Å². The second-order valence-electron chi connectivity index (χ2n) is 4.11. The Kier molecular flexibility index (Phi) is 7.87. The van der Waals surface area contributed by atoms with E-state index < -0.39 is 0 Å². The van der Waals surface area contributed by atoms with E-state index in [0.717, 1.165) is 5.92 Å². The summed E-state index contributed by atoms with van der Waals surface area (Å²) in [7, 11) is 0. The van der Waals surface area contributed by atoms with Crippen molar-refractivity contribution in [2.75, 3.05) is 11.5 Å². The predicted octanol–water partition coefficient (Wildman–Crippen LogP) is 3.14. The van der Waals surface area contributed by atoms with Crippen LogP contribution in [0.3, 0.4) is 0 Å². The van der Waals surface area contributed by atoms with Crippen molar-refractivity contribution in [2.45, 2.75) is 46.6 Å². The van der Waals surface area contributed by atoms with Crippen molar-refractivity contribution >= 4 is 11.8 Å². The Morgan fingerprint density at radius 1 is 1.23 bits per heavy atom. The molecule has 80 valence electrons. The van der Waals surface area contributed by atoms with E-state index in [9.17, 15) is 0 Å². The molecule has 0 aromatic heterocycles. The summed E-state index contributed by atoms with van der Waals surface area (Å²) in [6, 6.07) is 0.353. The summed E-state index contributed by atoms with van der Waals surface area (Å²) in [5, 5.41) is 0. The topological polar surface area (TPSA) is 26.0 Å². The van der Waals surface area contributed by atoms with Gasteiger partial charge in [-0.1, -0.05) is 20.8 Å². The summed E-state index contributed by atoms with van der Waals surface area (Å²) in [5.74, 6) is 3.97. The highest BCUT2D eigenvalue weighted by molar-refractivity contribution is 7.99. The standard InChI is InChI=1S/C11H25NS/c1-5-13-8-6-7-11(9(2)3)10(4)12/h9-11H,5-8,12H2,1-4H3. The Hall–Kier alpha value is 0.310. The van der Waals surface area contributed by atoms with Gasteiger partial charge in [0, 0.05) is 6.04 Å². The van der Waals surface area contributed by atoms with Gasteiger partial charge in [-0.05, 0) is 43.1 Å². The van der Waals surface area contributed by atoms with Crippen molar-refractivity contribution < 1.29 is 0 Å². The first kappa shape index (κ1) is 13.3. The zero-order valence-electron chi connectivity index (χ0n) is 9.55. The fourth-order valence-electron chi connectivity index (χ4n) is 1.77. The maximum absolute atomic E-state index is 5.95. The minimum absolute atomic E-state index is 0.353. The molecule has 0 saturated carbocycles. The molecule has 0 amide bonds. The van der Waals surface area contributed by atoms with Gasteiger partial charge in [-0.25, -0.2) is 0 Å². The van der Waals surface area contributed by atoms with Crippen LogP contribution in [0.4, 0.5) is 0 Å². The lowest BCUT2D eigenvalue weighted by Crippen LogP contribution is -2.30. The van der Waals surface area contributed by atoms with Crippen LogP contribution in [0.5, 0.6) is 0 Å². The van der Waals surface area contributed by atoms with Crippen LogP contribution >= 0.6 is 11.8 Å². The maximum atomic E-state index is 5.95. The van der Waals surface area contributed by atoms with Crippen LogP contribution in [0.25, 0.3) is 0 Å². The quantitative estimate of drug-likeness (QED) is 0.643. The summed E-state index contributed by atoms with van der Waals surface area (Å²) in [6.07, 6.45) is 2.62. The Bertz CT molecular complexity index is 105. The van der Waals surface area contributed by atoms with Crippen molar-refractivity contribution in [1.29, 1.82) is 0 Å². The minimum atomic E-state index is 0.353. The SMILES string of the molecule is CCSCCCC(C(C)C)C(C)N. The predicted molar refractivity (Wildman–Crippen MR) is 64.2 cm³/mol. The van der Waals surface area contributed by atoms with E-state index in [-0.39, 0.29) is 0 Å². The highest BCUT2D eigenvalue weighted by Gasteiger charge is 2.16. The molecule has 0 aromatic rings. The molecule has 0 aliphatic rings. The molecule has 0 bridgehead atoms. The summed E-state index contributed by atoms with van der Waals surface area (Å²) in [4.78, 5) is 0. The normalized spacial score (nSPS) is 16.2. The lowest BCUT2D eigenvalue weighted by Gasteiger charge is -2.24. The van der Waals surface area contributed by atoms with Gasteiger partial charge in [0.15, 0.2) is 0 Å². The second kappa shape index (κ2) is 7.69. The Morgan fingerprint density at radius 2 is 1.85 bits per heavy atom. The van der Waals surface area contributed by atoms with E-state index in [1.54, 1.807) is 0 Å². The van der Waals surface area contributed by atoms with Crippen LogP contribution < -0.4 is 5.73 Å². The first-order chi connectivity index (χ1) is 6.09. The van der Waals surface area contributed by atoms with Gasteiger partial charge in [0.05, 0.1) is 0 Å². The number of hydrogen-bond donors (Lipinski definition) is 1. The van der Waals surface area contributed by atoms with Crippen LogP contribution in [0, 0.1) is 11.8 Å². The van der Waals surface area contributed by atoms with Crippen molar-refractivity contribution in [1.82, 2.24) is 0 Å².